The third-order valence-electron chi connectivity index (χ3n) is 7.21. The number of carboxylic acids is 1. The van der Waals surface area contributed by atoms with Crippen molar-refractivity contribution < 1.29 is 24.1 Å². The van der Waals surface area contributed by atoms with Crippen molar-refractivity contribution in [1.82, 2.24) is 19.7 Å². The summed E-state index contributed by atoms with van der Waals surface area (Å²) >= 11 is 0. The van der Waals surface area contributed by atoms with E-state index in [1.807, 2.05) is 84.4 Å². The van der Waals surface area contributed by atoms with Gasteiger partial charge in [-0.15, -0.1) is 0 Å². The second-order valence-corrected chi connectivity index (χ2v) is 9.93. The van der Waals surface area contributed by atoms with Gasteiger partial charge in [-0.3, -0.25) is 4.68 Å². The van der Waals surface area contributed by atoms with Gasteiger partial charge in [0.05, 0.1) is 12.3 Å². The van der Waals surface area contributed by atoms with E-state index >= 15 is 0 Å². The number of nitrogens with zero attached hydrogens (tertiary/aromatic N) is 4. The Balaban J connectivity index is 1.41. The van der Waals surface area contributed by atoms with Gasteiger partial charge in [0.15, 0.2) is 5.69 Å². The highest BCUT2D eigenvalue weighted by molar-refractivity contribution is 5.90. The van der Waals surface area contributed by atoms with Crippen molar-refractivity contribution in [3.63, 3.8) is 0 Å². The van der Waals surface area contributed by atoms with Crippen LogP contribution in [0.3, 0.4) is 0 Å². The second-order valence-electron chi connectivity index (χ2n) is 9.93. The predicted molar refractivity (Wildman–Crippen MR) is 156 cm³/mol. The molecule has 2 aromatic heterocycles. The molecule has 9 heteroatoms. The predicted octanol–water partition coefficient (Wildman–Crippen LogP) is 5.78. The molecule has 42 heavy (non-hydrogen) atoms. The van der Waals surface area contributed by atoms with Crippen LogP contribution in [0.4, 0.5) is 0 Å². The molecule has 0 fully saturated rings. The van der Waals surface area contributed by atoms with E-state index in [0.717, 1.165) is 45.0 Å². The number of aryl methyl sites for hydroxylation is 1. The second kappa shape index (κ2) is 12.1. The number of hydrogen-bond donors (Lipinski definition) is 1. The fourth-order valence-corrected chi connectivity index (χ4v) is 5.30. The Morgan fingerprint density at radius 2 is 1.69 bits per heavy atom. The molecule has 1 N–H and O–H groups in total. The molecule has 6 rings (SSSR count). The summed E-state index contributed by atoms with van der Waals surface area (Å²) in [6.07, 6.45) is 6.15. The van der Waals surface area contributed by atoms with Crippen LogP contribution in [0.25, 0.3) is 11.3 Å². The Morgan fingerprint density at radius 1 is 0.905 bits per heavy atom. The van der Waals surface area contributed by atoms with E-state index in [9.17, 15) is 9.90 Å². The van der Waals surface area contributed by atoms with Crippen LogP contribution >= 0.6 is 0 Å². The Bertz CT molecular complexity index is 1690. The van der Waals surface area contributed by atoms with Crippen molar-refractivity contribution in [1.29, 1.82) is 0 Å². The lowest BCUT2D eigenvalue weighted by molar-refractivity contribution is 0.0687. The highest BCUT2D eigenvalue weighted by Crippen LogP contribution is 2.40. The van der Waals surface area contributed by atoms with E-state index < -0.39 is 12.0 Å². The van der Waals surface area contributed by atoms with Crippen molar-refractivity contribution in [2.75, 3.05) is 13.2 Å². The largest absolute Gasteiger partial charge is 0.494 e. The Morgan fingerprint density at radius 3 is 2.48 bits per heavy atom. The zero-order valence-corrected chi connectivity index (χ0v) is 23.1. The fourth-order valence-electron chi connectivity index (χ4n) is 5.30. The highest BCUT2D eigenvalue weighted by Gasteiger charge is 2.32. The first-order valence-electron chi connectivity index (χ1n) is 13.9. The van der Waals surface area contributed by atoms with Gasteiger partial charge in [0, 0.05) is 29.1 Å². The lowest BCUT2D eigenvalue weighted by Gasteiger charge is -2.25. The molecule has 2 heterocycles. The first-order chi connectivity index (χ1) is 20.6. The van der Waals surface area contributed by atoms with Crippen LogP contribution in [0.15, 0.2) is 91.5 Å². The number of aromatic carboxylic acids is 1. The van der Waals surface area contributed by atoms with Gasteiger partial charge >= 0.3 is 5.97 Å². The Labute approximate surface area is 243 Å². The van der Waals surface area contributed by atoms with Crippen molar-refractivity contribution in [2.24, 2.45) is 0 Å². The molecule has 0 bridgehead atoms. The Kier molecular flexibility index (Phi) is 7.81. The summed E-state index contributed by atoms with van der Waals surface area (Å²) in [5, 5.41) is 14.8. The van der Waals surface area contributed by atoms with Gasteiger partial charge in [0.1, 0.15) is 42.8 Å². The van der Waals surface area contributed by atoms with Gasteiger partial charge in [-0.25, -0.2) is 14.8 Å². The van der Waals surface area contributed by atoms with Crippen LogP contribution in [0, 0.1) is 0 Å². The molecule has 9 nitrogen and oxygen atoms in total. The van der Waals surface area contributed by atoms with Crippen LogP contribution in [-0.4, -0.2) is 44.0 Å². The molecule has 212 valence electrons. The third-order valence-corrected chi connectivity index (χ3v) is 7.21. The zero-order valence-electron chi connectivity index (χ0n) is 23.1. The third kappa shape index (κ3) is 5.67. The summed E-state index contributed by atoms with van der Waals surface area (Å²) < 4.78 is 19.9. The zero-order chi connectivity index (χ0) is 28.9. The van der Waals surface area contributed by atoms with Crippen molar-refractivity contribution in [3.05, 3.63) is 119 Å². The standard InChI is InChI=1S/C33H30N4O5/c1-2-40-26-10-6-7-24(16-26)30(20-42-25-8-4-3-5-9-25)37-32-28-14-12-27(41-19-22-17-34-21-35-18-22)15-23(28)11-13-29(32)31(36-37)33(38)39/h3-10,12,14-18,21,30H,2,11,13,19-20H2,1H3,(H,38,39). The van der Waals surface area contributed by atoms with E-state index in [-0.39, 0.29) is 12.3 Å². The van der Waals surface area contributed by atoms with Crippen LogP contribution < -0.4 is 14.2 Å². The van der Waals surface area contributed by atoms with Crippen molar-refractivity contribution >= 4 is 5.97 Å². The lowest BCUT2D eigenvalue weighted by Crippen LogP contribution is -2.22. The Hall–Kier alpha value is -5.18. The normalized spacial score (nSPS) is 12.6. The van der Waals surface area contributed by atoms with Crippen LogP contribution in [0.1, 0.15) is 45.7 Å². The quantitative estimate of drug-likeness (QED) is 0.216. The maximum Gasteiger partial charge on any atom is 0.356 e. The summed E-state index contributed by atoms with van der Waals surface area (Å²) in [5.74, 6) is 1.11. The van der Waals surface area contributed by atoms with Crippen molar-refractivity contribution in [2.45, 2.75) is 32.4 Å². The fraction of sp³-hybridized carbons (Fsp3) is 0.212. The molecule has 0 radical (unpaired) electrons. The number of ether oxygens (including phenoxy) is 3. The molecule has 1 atom stereocenters. The summed E-state index contributed by atoms with van der Waals surface area (Å²) in [4.78, 5) is 20.5. The number of carboxylic acid groups (broad SMARTS) is 1. The van der Waals surface area contributed by atoms with Crippen LogP contribution in [-0.2, 0) is 19.4 Å². The molecule has 0 amide bonds. The maximum atomic E-state index is 12.4. The number of hydrogen-bond acceptors (Lipinski definition) is 7. The maximum absolute atomic E-state index is 12.4. The molecule has 3 aromatic carbocycles. The van der Waals surface area contributed by atoms with Crippen LogP contribution in [0.2, 0.25) is 0 Å². The molecular formula is C33H30N4O5. The lowest BCUT2D eigenvalue weighted by atomic mass is 9.88. The molecule has 1 aliphatic carbocycles. The minimum atomic E-state index is -1.05. The number of benzene rings is 3. The number of rotatable bonds is 11. The average molecular weight is 563 g/mol. The summed E-state index contributed by atoms with van der Waals surface area (Å²) in [6, 6.07) is 22.8. The van der Waals surface area contributed by atoms with E-state index in [1.165, 1.54) is 6.33 Å². The summed E-state index contributed by atoms with van der Waals surface area (Å²) in [5.41, 5.74) is 5.32. The summed E-state index contributed by atoms with van der Waals surface area (Å²) in [6.45, 7) is 3.06. The first-order valence-corrected chi connectivity index (χ1v) is 13.9. The topological polar surface area (TPSA) is 109 Å². The van der Waals surface area contributed by atoms with Gasteiger partial charge in [-0.2, -0.15) is 5.10 Å². The molecule has 0 aliphatic heterocycles. The number of fused-ring (bicyclic) bond motifs is 3. The van der Waals surface area contributed by atoms with Crippen molar-refractivity contribution in [3.8, 4) is 28.5 Å². The first kappa shape index (κ1) is 27.0. The van der Waals surface area contributed by atoms with Gasteiger partial charge in [0.2, 0.25) is 0 Å². The number of aromatic nitrogens is 4. The minimum Gasteiger partial charge on any atom is -0.494 e. The van der Waals surface area contributed by atoms with Crippen LogP contribution in [0.5, 0.6) is 17.2 Å². The smallest absolute Gasteiger partial charge is 0.356 e. The van der Waals surface area contributed by atoms with E-state index in [2.05, 4.69) is 9.97 Å². The minimum absolute atomic E-state index is 0.0609. The molecule has 5 aromatic rings. The van der Waals surface area contributed by atoms with Gasteiger partial charge in [-0.05, 0) is 73.4 Å². The molecular weight excluding hydrogens is 532 g/mol. The van der Waals surface area contributed by atoms with E-state index in [1.54, 1.807) is 12.4 Å². The molecule has 1 aliphatic rings. The van der Waals surface area contributed by atoms with Gasteiger partial charge in [-0.1, -0.05) is 30.3 Å². The average Bonchev–Trinajstić information content (AvgIpc) is 3.42. The van der Waals surface area contributed by atoms with E-state index in [0.29, 0.717) is 31.8 Å². The van der Waals surface area contributed by atoms with Gasteiger partial charge < -0.3 is 19.3 Å². The molecule has 0 spiro atoms. The number of carbonyl (C=O) groups is 1. The molecule has 0 saturated carbocycles. The van der Waals surface area contributed by atoms with Gasteiger partial charge in [0.25, 0.3) is 0 Å². The SMILES string of the molecule is CCOc1cccc(C(COc2ccccc2)n2nc(C(=O)O)c3c2-c2ccc(OCc4cncnc4)cc2CC3)c1. The molecule has 1 unspecified atom stereocenters. The summed E-state index contributed by atoms with van der Waals surface area (Å²) in [7, 11) is 0. The highest BCUT2D eigenvalue weighted by atomic mass is 16.5. The number of para-hydroxylation sites is 1. The monoisotopic (exact) mass is 562 g/mol. The van der Waals surface area contributed by atoms with E-state index in [4.69, 9.17) is 19.3 Å². The molecule has 0 saturated heterocycles.